The molecule has 112 valence electrons. The van der Waals surface area contributed by atoms with Crippen LogP contribution in [0.15, 0.2) is 27.9 Å². The van der Waals surface area contributed by atoms with E-state index in [-0.39, 0.29) is 11.2 Å². The molecule has 1 aliphatic heterocycles. The molecule has 3 heterocycles. The van der Waals surface area contributed by atoms with Gasteiger partial charge in [0.15, 0.2) is 12.5 Å². The number of rotatable bonds is 2. The van der Waals surface area contributed by atoms with Crippen molar-refractivity contribution in [3.63, 3.8) is 0 Å². The number of hydrogen-bond acceptors (Lipinski definition) is 7. The van der Waals surface area contributed by atoms with Crippen LogP contribution in [0.5, 0.6) is 0 Å². The summed E-state index contributed by atoms with van der Waals surface area (Å²) >= 11 is 0. The largest absolute Gasteiger partial charge is 0.385 e. The number of aromatic nitrogens is 3. The molecule has 3 N–H and O–H groups in total. The van der Waals surface area contributed by atoms with Gasteiger partial charge in [0.05, 0.1) is 0 Å². The molecule has 1 fully saturated rings. The maximum atomic E-state index is 12.0. The summed E-state index contributed by atoms with van der Waals surface area (Å²) in [6.07, 6.45) is -3.26. The fraction of sp³-hybridized carbons (Fsp3) is 0.417. The number of H-pyrrole nitrogens is 1. The highest BCUT2D eigenvalue weighted by molar-refractivity contribution is 5.72. The second-order valence-electron chi connectivity index (χ2n) is 4.67. The number of aliphatic hydroxyl groups is 2. The van der Waals surface area contributed by atoms with Gasteiger partial charge in [0.1, 0.15) is 17.9 Å². The first kappa shape index (κ1) is 13.9. The van der Waals surface area contributed by atoms with Gasteiger partial charge in [-0.3, -0.25) is 9.36 Å². The maximum absolute atomic E-state index is 12.0. The van der Waals surface area contributed by atoms with Crippen LogP contribution in [0.2, 0.25) is 0 Å². The Balaban J connectivity index is 2.12. The van der Waals surface area contributed by atoms with Crippen LogP contribution in [0.4, 0.5) is 0 Å². The molecule has 2 aromatic rings. The van der Waals surface area contributed by atoms with E-state index in [0.29, 0.717) is 5.39 Å². The molecule has 0 amide bonds. The van der Waals surface area contributed by atoms with Crippen LogP contribution in [0.1, 0.15) is 6.23 Å². The Hall–Kier alpha value is -2.07. The lowest BCUT2D eigenvalue weighted by atomic mass is 10.2. The van der Waals surface area contributed by atoms with Crippen molar-refractivity contribution in [2.45, 2.75) is 24.7 Å². The summed E-state index contributed by atoms with van der Waals surface area (Å²) < 4.78 is 11.3. The predicted octanol–water partition coefficient (Wildman–Crippen LogP) is -1.69. The lowest BCUT2D eigenvalue weighted by molar-refractivity contribution is -0.142. The summed E-state index contributed by atoms with van der Waals surface area (Å²) in [6.45, 7) is 0. The van der Waals surface area contributed by atoms with E-state index in [2.05, 4.69) is 9.97 Å². The molecule has 0 bridgehead atoms. The Morgan fingerprint density at radius 1 is 1.38 bits per heavy atom. The molecule has 0 saturated carbocycles. The highest BCUT2D eigenvalue weighted by Gasteiger charge is 2.44. The van der Waals surface area contributed by atoms with Crippen LogP contribution in [-0.2, 0) is 9.47 Å². The van der Waals surface area contributed by atoms with Crippen molar-refractivity contribution < 1.29 is 19.7 Å². The number of aromatic amines is 1. The third kappa shape index (κ3) is 2.25. The third-order valence-electron chi connectivity index (χ3n) is 3.37. The molecule has 21 heavy (non-hydrogen) atoms. The number of ether oxygens (including phenoxy) is 2. The van der Waals surface area contributed by atoms with Crippen molar-refractivity contribution in [3.8, 4) is 0 Å². The summed E-state index contributed by atoms with van der Waals surface area (Å²) in [6, 6.07) is 2.80. The minimum atomic E-state index is -1.46. The Kier molecular flexibility index (Phi) is 3.33. The molecule has 4 atom stereocenters. The Bertz CT molecular complexity index is 784. The zero-order valence-electron chi connectivity index (χ0n) is 11.0. The van der Waals surface area contributed by atoms with Gasteiger partial charge >= 0.3 is 5.69 Å². The summed E-state index contributed by atoms with van der Waals surface area (Å²) in [5.74, 6) is 0. The van der Waals surface area contributed by atoms with E-state index < -0.39 is 30.4 Å². The first-order valence-corrected chi connectivity index (χ1v) is 6.18. The second-order valence-corrected chi connectivity index (χ2v) is 4.67. The molecule has 9 nitrogen and oxygen atoms in total. The van der Waals surface area contributed by atoms with E-state index in [4.69, 9.17) is 9.47 Å². The van der Waals surface area contributed by atoms with Crippen LogP contribution in [0.3, 0.4) is 0 Å². The summed E-state index contributed by atoms with van der Waals surface area (Å²) in [5.41, 5.74) is -0.917. The van der Waals surface area contributed by atoms with Crippen LogP contribution in [-0.4, -0.2) is 50.4 Å². The molecule has 3 rings (SSSR count). The van der Waals surface area contributed by atoms with Crippen molar-refractivity contribution in [3.05, 3.63) is 39.2 Å². The maximum Gasteiger partial charge on any atom is 0.351 e. The fourth-order valence-electron chi connectivity index (χ4n) is 2.32. The van der Waals surface area contributed by atoms with Gasteiger partial charge in [-0.15, -0.1) is 0 Å². The van der Waals surface area contributed by atoms with Gasteiger partial charge in [0, 0.05) is 24.8 Å². The lowest BCUT2D eigenvalue weighted by Crippen LogP contribution is -2.37. The molecule has 0 radical (unpaired) electrons. The molecular weight excluding hydrogens is 282 g/mol. The lowest BCUT2D eigenvalue weighted by Gasteiger charge is -2.20. The van der Waals surface area contributed by atoms with Crippen molar-refractivity contribution in [2.75, 3.05) is 7.11 Å². The minimum absolute atomic E-state index is 0.150. The van der Waals surface area contributed by atoms with E-state index in [1.54, 1.807) is 0 Å². The first-order chi connectivity index (χ1) is 10.0. The molecule has 0 spiro atoms. The van der Waals surface area contributed by atoms with Crippen LogP contribution >= 0.6 is 0 Å². The molecule has 1 saturated heterocycles. The van der Waals surface area contributed by atoms with Crippen molar-refractivity contribution >= 4 is 11.0 Å². The average molecular weight is 295 g/mol. The smallest absolute Gasteiger partial charge is 0.351 e. The van der Waals surface area contributed by atoms with Crippen molar-refractivity contribution in [2.24, 2.45) is 0 Å². The van der Waals surface area contributed by atoms with E-state index in [9.17, 15) is 19.8 Å². The summed E-state index contributed by atoms with van der Waals surface area (Å²) in [5, 5.41) is 19.8. The Morgan fingerprint density at radius 3 is 2.86 bits per heavy atom. The SMILES string of the molecule is CO[C@@H]1[C@H](O)C(O)O[C@H]1n1cc2ccc(=O)[nH]c2nc1=O. The van der Waals surface area contributed by atoms with E-state index in [1.807, 2.05) is 0 Å². The van der Waals surface area contributed by atoms with Gasteiger partial charge in [-0.2, -0.15) is 4.98 Å². The number of aliphatic hydroxyl groups excluding tert-OH is 2. The van der Waals surface area contributed by atoms with Gasteiger partial charge in [0.2, 0.25) is 5.56 Å². The summed E-state index contributed by atoms with van der Waals surface area (Å²) in [4.78, 5) is 29.4. The van der Waals surface area contributed by atoms with Crippen LogP contribution in [0.25, 0.3) is 11.0 Å². The molecule has 0 aromatic carbocycles. The normalized spacial score (nSPS) is 29.1. The standard InChI is InChI=1S/C12H13N3O6/c1-20-8-7(17)11(18)21-10(8)15-4-5-2-3-6(16)13-9(5)14-12(15)19/h2-4,7-8,10-11,17-18H,1H3,(H,13,14,16,19)/t7-,8+,10+,11?/m0/s1. The Morgan fingerprint density at radius 2 is 2.14 bits per heavy atom. The Labute approximate surface area is 117 Å². The monoisotopic (exact) mass is 295 g/mol. The van der Waals surface area contributed by atoms with Gasteiger partial charge < -0.3 is 24.7 Å². The number of hydrogen-bond donors (Lipinski definition) is 3. The highest BCUT2D eigenvalue weighted by Crippen LogP contribution is 2.29. The molecule has 9 heteroatoms. The molecular formula is C12H13N3O6. The third-order valence-corrected chi connectivity index (χ3v) is 3.37. The molecule has 2 aromatic heterocycles. The van der Waals surface area contributed by atoms with Crippen LogP contribution in [0, 0.1) is 0 Å². The van der Waals surface area contributed by atoms with Crippen molar-refractivity contribution in [1.29, 1.82) is 0 Å². The van der Waals surface area contributed by atoms with Gasteiger partial charge in [-0.05, 0) is 6.07 Å². The fourth-order valence-corrected chi connectivity index (χ4v) is 2.32. The minimum Gasteiger partial charge on any atom is -0.385 e. The highest BCUT2D eigenvalue weighted by atomic mass is 16.7. The number of methoxy groups -OCH3 is 1. The number of fused-ring (bicyclic) bond motifs is 1. The zero-order chi connectivity index (χ0) is 15.1. The molecule has 1 unspecified atom stereocenters. The number of nitrogens with zero attached hydrogens (tertiary/aromatic N) is 2. The van der Waals surface area contributed by atoms with E-state index in [0.717, 1.165) is 4.57 Å². The summed E-state index contributed by atoms with van der Waals surface area (Å²) in [7, 11) is 1.33. The number of pyridine rings is 1. The molecule has 0 aliphatic carbocycles. The van der Waals surface area contributed by atoms with Gasteiger partial charge in [-0.1, -0.05) is 0 Å². The van der Waals surface area contributed by atoms with Gasteiger partial charge in [-0.25, -0.2) is 4.79 Å². The van der Waals surface area contributed by atoms with Crippen molar-refractivity contribution in [1.82, 2.24) is 14.5 Å². The van der Waals surface area contributed by atoms with Gasteiger partial charge in [0.25, 0.3) is 0 Å². The first-order valence-electron chi connectivity index (χ1n) is 6.18. The quantitative estimate of drug-likeness (QED) is 0.603. The van der Waals surface area contributed by atoms with E-state index >= 15 is 0 Å². The average Bonchev–Trinajstić information content (AvgIpc) is 2.73. The second kappa shape index (κ2) is 5.04. The zero-order valence-corrected chi connectivity index (χ0v) is 11.0. The van der Waals surface area contributed by atoms with Crippen LogP contribution < -0.4 is 11.2 Å². The predicted molar refractivity (Wildman–Crippen MR) is 69.6 cm³/mol. The van der Waals surface area contributed by atoms with E-state index in [1.165, 1.54) is 25.4 Å². The topological polar surface area (TPSA) is 127 Å². The number of nitrogens with one attached hydrogen (secondary N) is 1. The molecule has 1 aliphatic rings.